The molecule has 0 aliphatic carbocycles. The lowest BCUT2D eigenvalue weighted by molar-refractivity contribution is 0.101. The number of hydrogen-bond acceptors (Lipinski definition) is 7. The summed E-state index contributed by atoms with van der Waals surface area (Å²) >= 11 is 0. The number of piperidine rings is 1. The molecule has 0 N–H and O–H groups in total. The summed E-state index contributed by atoms with van der Waals surface area (Å²) in [6, 6.07) is 5.74. The van der Waals surface area contributed by atoms with E-state index < -0.39 is 25.1 Å². The van der Waals surface area contributed by atoms with Crippen LogP contribution in [0.25, 0.3) is 0 Å². The molecule has 11 heteroatoms. The Morgan fingerprint density at radius 1 is 1.07 bits per heavy atom. The van der Waals surface area contributed by atoms with Crippen LogP contribution in [0.5, 0.6) is 0 Å². The molecule has 0 atom stereocenters. The molecule has 146 valence electrons. The van der Waals surface area contributed by atoms with E-state index in [1.165, 1.54) is 46.4 Å². The van der Waals surface area contributed by atoms with Crippen LogP contribution in [0.1, 0.15) is 30.1 Å². The van der Waals surface area contributed by atoms with E-state index in [-0.39, 0.29) is 41.8 Å². The Bertz CT molecular complexity index is 1050. The quantitative estimate of drug-likeness (QED) is 0.661. The Morgan fingerprint density at radius 3 is 2.15 bits per heavy atom. The van der Waals surface area contributed by atoms with Crippen LogP contribution in [0.2, 0.25) is 0 Å². The SMILES string of the molecule is CC(=O)c1ccc(S(=O)(=O)N2CCC(S(=O)(=O)c3nncn3C)CC2)cc1. The van der Waals surface area contributed by atoms with Crippen molar-refractivity contribution in [1.82, 2.24) is 19.1 Å². The molecular formula is C16H20N4O5S2. The van der Waals surface area contributed by atoms with Crippen LogP contribution < -0.4 is 0 Å². The van der Waals surface area contributed by atoms with Crippen LogP contribution >= 0.6 is 0 Å². The maximum Gasteiger partial charge on any atom is 0.249 e. The molecule has 0 radical (unpaired) electrons. The van der Waals surface area contributed by atoms with E-state index in [2.05, 4.69) is 10.2 Å². The van der Waals surface area contributed by atoms with Gasteiger partial charge in [0.25, 0.3) is 0 Å². The zero-order valence-corrected chi connectivity index (χ0v) is 16.6. The highest BCUT2D eigenvalue weighted by atomic mass is 32.2. The predicted octanol–water partition coefficient (Wildman–Crippen LogP) is 0.645. The molecular weight excluding hydrogens is 392 g/mol. The number of rotatable bonds is 5. The smallest absolute Gasteiger partial charge is 0.249 e. The first kappa shape index (κ1) is 19.6. The van der Waals surface area contributed by atoms with Gasteiger partial charge in [-0.1, -0.05) is 12.1 Å². The summed E-state index contributed by atoms with van der Waals surface area (Å²) < 4.78 is 53.5. The second-order valence-electron chi connectivity index (χ2n) is 6.45. The van der Waals surface area contributed by atoms with Gasteiger partial charge in [0.1, 0.15) is 6.33 Å². The molecule has 0 amide bonds. The number of carbonyl (C=O) groups excluding carboxylic acids is 1. The average molecular weight is 412 g/mol. The van der Waals surface area contributed by atoms with E-state index in [9.17, 15) is 21.6 Å². The molecule has 27 heavy (non-hydrogen) atoms. The fourth-order valence-electron chi connectivity index (χ4n) is 3.07. The van der Waals surface area contributed by atoms with Crippen molar-refractivity contribution in [1.29, 1.82) is 0 Å². The van der Waals surface area contributed by atoms with Gasteiger partial charge in [-0.3, -0.25) is 4.79 Å². The van der Waals surface area contributed by atoms with Gasteiger partial charge in [-0.15, -0.1) is 10.2 Å². The Labute approximate surface area is 158 Å². The lowest BCUT2D eigenvalue weighted by Crippen LogP contribution is -2.42. The summed E-state index contributed by atoms with van der Waals surface area (Å²) in [6.45, 7) is 1.60. The molecule has 0 bridgehead atoms. The Balaban J connectivity index is 1.75. The standard InChI is InChI=1S/C16H20N4O5S2/c1-12(21)13-3-5-15(6-4-13)27(24,25)20-9-7-14(8-10-20)26(22,23)16-18-17-11-19(16)2/h3-6,11,14H,7-10H2,1-2H3. The van der Waals surface area contributed by atoms with Gasteiger partial charge in [0.2, 0.25) is 25.0 Å². The molecule has 2 heterocycles. The molecule has 0 saturated carbocycles. The van der Waals surface area contributed by atoms with Gasteiger partial charge < -0.3 is 4.57 Å². The summed E-state index contributed by atoms with van der Waals surface area (Å²) in [5.41, 5.74) is 0.433. The third kappa shape index (κ3) is 3.66. The van der Waals surface area contributed by atoms with E-state index >= 15 is 0 Å². The van der Waals surface area contributed by atoms with Crippen LogP contribution in [0.15, 0.2) is 40.6 Å². The number of hydrogen-bond donors (Lipinski definition) is 0. The number of Topliss-reactive ketones (excluding diaryl/α,β-unsaturated/α-hetero) is 1. The second-order valence-corrected chi connectivity index (χ2v) is 10.5. The number of aryl methyl sites for hydroxylation is 1. The number of aromatic nitrogens is 3. The Morgan fingerprint density at radius 2 is 1.67 bits per heavy atom. The molecule has 0 spiro atoms. The number of sulfone groups is 1. The van der Waals surface area contributed by atoms with E-state index in [0.29, 0.717) is 5.56 Å². The second kappa shape index (κ2) is 7.13. The minimum absolute atomic E-state index is 0.0853. The Kier molecular flexibility index (Phi) is 5.19. The third-order valence-electron chi connectivity index (χ3n) is 4.66. The summed E-state index contributed by atoms with van der Waals surface area (Å²) in [5.74, 6) is -0.145. The van der Waals surface area contributed by atoms with Crippen molar-refractivity contribution in [3.05, 3.63) is 36.2 Å². The minimum Gasteiger partial charge on any atom is -0.308 e. The number of ketones is 1. The zero-order valence-electron chi connectivity index (χ0n) is 14.9. The van der Waals surface area contributed by atoms with Gasteiger partial charge in [0.05, 0.1) is 10.1 Å². The first-order valence-corrected chi connectivity index (χ1v) is 11.3. The number of carbonyl (C=O) groups is 1. The average Bonchev–Trinajstić information content (AvgIpc) is 3.08. The molecule has 2 aromatic rings. The molecule has 9 nitrogen and oxygen atoms in total. The molecule has 1 aliphatic heterocycles. The highest BCUT2D eigenvalue weighted by Gasteiger charge is 2.37. The molecule has 3 rings (SSSR count). The monoisotopic (exact) mass is 412 g/mol. The minimum atomic E-state index is -3.74. The molecule has 0 unspecified atom stereocenters. The summed E-state index contributed by atoms with van der Waals surface area (Å²) in [4.78, 5) is 11.4. The summed E-state index contributed by atoms with van der Waals surface area (Å²) in [5, 5.41) is 6.46. The molecule has 1 fully saturated rings. The van der Waals surface area contributed by atoms with E-state index in [4.69, 9.17) is 0 Å². The maximum absolute atomic E-state index is 12.8. The van der Waals surface area contributed by atoms with Crippen molar-refractivity contribution in [2.45, 2.75) is 35.1 Å². The highest BCUT2D eigenvalue weighted by Crippen LogP contribution is 2.27. The molecule has 1 aliphatic rings. The van der Waals surface area contributed by atoms with Crippen LogP contribution in [0, 0.1) is 0 Å². The maximum atomic E-state index is 12.8. The van der Waals surface area contributed by atoms with Crippen LogP contribution in [-0.4, -0.2) is 60.0 Å². The highest BCUT2D eigenvalue weighted by molar-refractivity contribution is 7.92. The number of benzene rings is 1. The van der Waals surface area contributed by atoms with Gasteiger partial charge in [-0.25, -0.2) is 16.8 Å². The van der Waals surface area contributed by atoms with Crippen molar-refractivity contribution in [2.24, 2.45) is 7.05 Å². The molecule has 1 aromatic heterocycles. The topological polar surface area (TPSA) is 119 Å². The van der Waals surface area contributed by atoms with Crippen LogP contribution in [-0.2, 0) is 26.9 Å². The van der Waals surface area contributed by atoms with Crippen molar-refractivity contribution in [3.8, 4) is 0 Å². The van der Waals surface area contributed by atoms with E-state index in [0.717, 1.165) is 0 Å². The molecule has 1 aromatic carbocycles. The van der Waals surface area contributed by atoms with Crippen molar-refractivity contribution >= 4 is 25.6 Å². The van der Waals surface area contributed by atoms with Gasteiger partial charge in [0.15, 0.2) is 5.78 Å². The van der Waals surface area contributed by atoms with Crippen molar-refractivity contribution < 1.29 is 21.6 Å². The van der Waals surface area contributed by atoms with Crippen LogP contribution in [0.3, 0.4) is 0 Å². The summed E-state index contributed by atoms with van der Waals surface area (Å²) in [6.07, 6.45) is 1.68. The number of sulfonamides is 1. The van der Waals surface area contributed by atoms with Crippen molar-refractivity contribution in [3.63, 3.8) is 0 Å². The fourth-order valence-corrected chi connectivity index (χ4v) is 6.28. The van der Waals surface area contributed by atoms with E-state index in [1.54, 1.807) is 7.05 Å². The fraction of sp³-hybridized carbons (Fsp3) is 0.438. The van der Waals surface area contributed by atoms with Crippen LogP contribution in [0.4, 0.5) is 0 Å². The van der Waals surface area contributed by atoms with Gasteiger partial charge in [-0.05, 0) is 31.9 Å². The first-order valence-electron chi connectivity index (χ1n) is 8.33. The summed E-state index contributed by atoms with van der Waals surface area (Å²) in [7, 11) is -5.86. The normalized spacial score (nSPS) is 17.1. The van der Waals surface area contributed by atoms with Gasteiger partial charge in [-0.2, -0.15) is 4.31 Å². The lowest BCUT2D eigenvalue weighted by atomic mass is 10.2. The predicted molar refractivity (Wildman–Crippen MR) is 96.4 cm³/mol. The van der Waals surface area contributed by atoms with Gasteiger partial charge in [0, 0.05) is 25.7 Å². The van der Waals surface area contributed by atoms with E-state index in [1.807, 2.05) is 0 Å². The first-order chi connectivity index (χ1) is 12.6. The lowest BCUT2D eigenvalue weighted by Gasteiger charge is -2.30. The van der Waals surface area contributed by atoms with Crippen molar-refractivity contribution in [2.75, 3.05) is 13.1 Å². The van der Waals surface area contributed by atoms with Gasteiger partial charge >= 0.3 is 0 Å². The molecule has 1 saturated heterocycles. The zero-order chi connectivity index (χ0) is 19.8. The Hall–Kier alpha value is -2.11. The third-order valence-corrected chi connectivity index (χ3v) is 8.80. The largest absolute Gasteiger partial charge is 0.308 e. The number of nitrogens with zero attached hydrogens (tertiary/aromatic N) is 4.